The highest BCUT2D eigenvalue weighted by atomic mass is 16.3. The Kier molecular flexibility index (Phi) is 2.77. The topological polar surface area (TPSA) is 56.6 Å². The lowest BCUT2D eigenvalue weighted by Crippen LogP contribution is -2.22. The van der Waals surface area contributed by atoms with Gasteiger partial charge in [-0.1, -0.05) is 6.07 Å². The van der Waals surface area contributed by atoms with Crippen molar-refractivity contribution in [3.8, 4) is 0 Å². The van der Waals surface area contributed by atoms with Crippen LogP contribution < -0.4 is 0 Å². The van der Waals surface area contributed by atoms with Crippen LogP contribution in [0.1, 0.15) is 5.56 Å². The maximum atomic E-state index is 9.34. The third-order valence-electron chi connectivity index (χ3n) is 2.46. The Labute approximate surface area is 82.8 Å². The molecule has 0 amide bonds. The molecular weight excluding hydrogens is 180 g/mol. The van der Waals surface area contributed by atoms with E-state index in [0.717, 1.165) is 12.1 Å². The van der Waals surface area contributed by atoms with Gasteiger partial charge in [0.1, 0.15) is 0 Å². The molecule has 4 heteroatoms. The molecule has 2 atom stereocenters. The smallest absolute Gasteiger partial charge is 0.0938 e. The quantitative estimate of drug-likeness (QED) is 0.674. The largest absolute Gasteiger partial charge is 0.389 e. The molecule has 0 saturated carbocycles. The zero-order valence-corrected chi connectivity index (χ0v) is 7.87. The van der Waals surface area contributed by atoms with E-state index >= 15 is 0 Å². The fourth-order valence-electron chi connectivity index (χ4n) is 1.73. The van der Waals surface area contributed by atoms with Gasteiger partial charge in [-0.2, -0.15) is 0 Å². The van der Waals surface area contributed by atoms with Crippen molar-refractivity contribution >= 4 is 0 Å². The maximum Gasteiger partial charge on any atom is 0.0938 e. The number of aromatic nitrogens is 1. The van der Waals surface area contributed by atoms with Gasteiger partial charge >= 0.3 is 0 Å². The molecule has 14 heavy (non-hydrogen) atoms. The summed E-state index contributed by atoms with van der Waals surface area (Å²) in [6.45, 7) is 1.81. The monoisotopic (exact) mass is 194 g/mol. The molecule has 1 aromatic rings. The minimum atomic E-state index is -0.605. The molecule has 0 radical (unpaired) electrons. The first kappa shape index (κ1) is 9.58. The van der Waals surface area contributed by atoms with Crippen LogP contribution in [0.25, 0.3) is 0 Å². The second-order valence-electron chi connectivity index (χ2n) is 3.69. The van der Waals surface area contributed by atoms with Crippen LogP contribution in [0.4, 0.5) is 0 Å². The van der Waals surface area contributed by atoms with Crippen molar-refractivity contribution in [2.45, 2.75) is 18.8 Å². The third kappa shape index (κ3) is 2.09. The highest BCUT2D eigenvalue weighted by Gasteiger charge is 2.29. The van der Waals surface area contributed by atoms with Crippen molar-refractivity contribution in [3.05, 3.63) is 30.1 Å². The first-order chi connectivity index (χ1) is 6.75. The van der Waals surface area contributed by atoms with E-state index in [1.165, 1.54) is 0 Å². The van der Waals surface area contributed by atoms with Crippen LogP contribution in [0.3, 0.4) is 0 Å². The van der Waals surface area contributed by atoms with Gasteiger partial charge in [-0.05, 0) is 11.6 Å². The van der Waals surface area contributed by atoms with E-state index in [0.29, 0.717) is 13.1 Å². The average molecular weight is 194 g/mol. The van der Waals surface area contributed by atoms with Gasteiger partial charge in [0.25, 0.3) is 0 Å². The Morgan fingerprint density at radius 2 is 2.07 bits per heavy atom. The second kappa shape index (κ2) is 4.04. The number of aliphatic hydroxyl groups excluding tert-OH is 2. The highest BCUT2D eigenvalue weighted by Crippen LogP contribution is 2.13. The van der Waals surface area contributed by atoms with Gasteiger partial charge in [-0.15, -0.1) is 0 Å². The summed E-state index contributed by atoms with van der Waals surface area (Å²) in [5, 5.41) is 18.7. The van der Waals surface area contributed by atoms with Gasteiger partial charge < -0.3 is 10.2 Å². The van der Waals surface area contributed by atoms with E-state index in [4.69, 9.17) is 0 Å². The third-order valence-corrected chi connectivity index (χ3v) is 2.46. The Balaban J connectivity index is 1.94. The summed E-state index contributed by atoms with van der Waals surface area (Å²) < 4.78 is 0. The molecule has 2 N–H and O–H groups in total. The number of rotatable bonds is 2. The zero-order valence-electron chi connectivity index (χ0n) is 7.87. The van der Waals surface area contributed by atoms with E-state index in [2.05, 4.69) is 4.98 Å². The lowest BCUT2D eigenvalue weighted by atomic mass is 10.3. The molecule has 1 fully saturated rings. The second-order valence-corrected chi connectivity index (χ2v) is 3.69. The van der Waals surface area contributed by atoms with Gasteiger partial charge in [0.2, 0.25) is 0 Å². The van der Waals surface area contributed by atoms with Crippen LogP contribution >= 0.6 is 0 Å². The normalized spacial score (nSPS) is 28.1. The molecule has 4 nitrogen and oxygen atoms in total. The molecule has 1 aromatic heterocycles. The van der Waals surface area contributed by atoms with Gasteiger partial charge in [-0.3, -0.25) is 9.88 Å². The van der Waals surface area contributed by atoms with Gasteiger partial charge in [0.15, 0.2) is 0 Å². The standard InChI is InChI=1S/C10H14N2O2/c13-9-6-12(7-10(9)14)5-8-2-1-3-11-4-8/h1-4,9-10,13-14H,5-7H2. The lowest BCUT2D eigenvalue weighted by Gasteiger charge is -2.13. The molecule has 0 aromatic carbocycles. The number of nitrogens with zero attached hydrogens (tertiary/aromatic N) is 2. The van der Waals surface area contributed by atoms with Crippen LogP contribution in [0.5, 0.6) is 0 Å². The van der Waals surface area contributed by atoms with Crippen LogP contribution in [-0.4, -0.2) is 45.4 Å². The maximum absolute atomic E-state index is 9.34. The minimum absolute atomic E-state index is 0.538. The number of β-amino-alcohol motifs (C(OH)–C–C–N with tert-alkyl or cyclic N) is 2. The molecule has 0 spiro atoms. The number of pyridine rings is 1. The molecule has 76 valence electrons. The van der Waals surface area contributed by atoms with Crippen molar-refractivity contribution < 1.29 is 10.2 Å². The minimum Gasteiger partial charge on any atom is -0.389 e. The molecular formula is C10H14N2O2. The van der Waals surface area contributed by atoms with Crippen LogP contribution in [-0.2, 0) is 6.54 Å². The molecule has 0 aliphatic carbocycles. The highest BCUT2D eigenvalue weighted by molar-refractivity contribution is 5.08. The van der Waals surface area contributed by atoms with E-state index < -0.39 is 12.2 Å². The Morgan fingerprint density at radius 3 is 2.64 bits per heavy atom. The summed E-state index contributed by atoms with van der Waals surface area (Å²) in [5.41, 5.74) is 1.11. The number of hydrogen-bond donors (Lipinski definition) is 2. The Hall–Kier alpha value is -0.970. The average Bonchev–Trinajstić information content (AvgIpc) is 2.47. The predicted molar refractivity (Wildman–Crippen MR) is 51.5 cm³/mol. The van der Waals surface area contributed by atoms with E-state index in [9.17, 15) is 10.2 Å². The van der Waals surface area contributed by atoms with Crippen molar-refractivity contribution in [3.63, 3.8) is 0 Å². The SMILES string of the molecule is OC1CN(Cc2cccnc2)CC1O. The summed E-state index contributed by atoms with van der Waals surface area (Å²) in [5.74, 6) is 0. The van der Waals surface area contributed by atoms with Crippen molar-refractivity contribution in [2.24, 2.45) is 0 Å². The van der Waals surface area contributed by atoms with E-state index in [1.807, 2.05) is 17.0 Å². The summed E-state index contributed by atoms with van der Waals surface area (Å²) in [6.07, 6.45) is 2.33. The molecule has 2 rings (SSSR count). The van der Waals surface area contributed by atoms with Crippen molar-refractivity contribution in [1.29, 1.82) is 0 Å². The summed E-state index contributed by atoms with van der Waals surface area (Å²) >= 11 is 0. The van der Waals surface area contributed by atoms with Crippen LogP contribution in [0.2, 0.25) is 0 Å². The van der Waals surface area contributed by atoms with Crippen molar-refractivity contribution in [2.75, 3.05) is 13.1 Å². The van der Waals surface area contributed by atoms with Gasteiger partial charge in [0.05, 0.1) is 12.2 Å². The number of hydrogen-bond acceptors (Lipinski definition) is 4. The first-order valence-electron chi connectivity index (χ1n) is 4.73. The fraction of sp³-hybridized carbons (Fsp3) is 0.500. The van der Waals surface area contributed by atoms with Gasteiger partial charge in [0, 0.05) is 32.0 Å². The van der Waals surface area contributed by atoms with E-state index in [-0.39, 0.29) is 0 Å². The molecule has 1 aliphatic rings. The predicted octanol–water partition coefficient (Wildman–Crippen LogP) is -0.381. The number of likely N-dealkylation sites (tertiary alicyclic amines) is 1. The molecule has 2 unspecified atom stereocenters. The molecule has 0 bridgehead atoms. The fourth-order valence-corrected chi connectivity index (χ4v) is 1.73. The Bertz CT molecular complexity index is 281. The molecule has 1 saturated heterocycles. The van der Waals surface area contributed by atoms with Gasteiger partial charge in [-0.25, -0.2) is 0 Å². The molecule has 1 aliphatic heterocycles. The number of aliphatic hydroxyl groups is 2. The lowest BCUT2D eigenvalue weighted by molar-refractivity contribution is 0.0572. The van der Waals surface area contributed by atoms with Crippen molar-refractivity contribution in [1.82, 2.24) is 9.88 Å². The van der Waals surface area contributed by atoms with Crippen LogP contribution in [0.15, 0.2) is 24.5 Å². The van der Waals surface area contributed by atoms with E-state index in [1.54, 1.807) is 12.4 Å². The summed E-state index contributed by atoms with van der Waals surface area (Å²) in [7, 11) is 0. The summed E-state index contributed by atoms with van der Waals surface area (Å²) in [6, 6.07) is 3.88. The Morgan fingerprint density at radius 1 is 1.36 bits per heavy atom. The van der Waals surface area contributed by atoms with Crippen LogP contribution in [0, 0.1) is 0 Å². The summed E-state index contributed by atoms with van der Waals surface area (Å²) in [4.78, 5) is 6.03. The zero-order chi connectivity index (χ0) is 9.97. The molecule has 2 heterocycles. The first-order valence-corrected chi connectivity index (χ1v) is 4.73.